The molecule has 2 rings (SSSR count). The van der Waals surface area contributed by atoms with Gasteiger partial charge in [0.15, 0.2) is 0 Å². The molecule has 0 atom stereocenters. The zero-order chi connectivity index (χ0) is 13.1. The van der Waals surface area contributed by atoms with Gasteiger partial charge in [0, 0.05) is 0 Å². The van der Waals surface area contributed by atoms with Crippen LogP contribution < -0.4 is 0 Å². The second-order valence-electron chi connectivity index (χ2n) is 4.71. The summed E-state index contributed by atoms with van der Waals surface area (Å²) in [7, 11) is 0. The molecule has 1 aromatic carbocycles. The molecule has 1 saturated carbocycles. The quantitative estimate of drug-likeness (QED) is 0.748. The van der Waals surface area contributed by atoms with Crippen LogP contribution in [0.5, 0.6) is 0 Å². The highest BCUT2D eigenvalue weighted by atomic mass is 16.3. The Kier molecular flexibility index (Phi) is 8.34. The maximum absolute atomic E-state index is 9.37. The molecule has 0 amide bonds. The lowest BCUT2D eigenvalue weighted by Gasteiger charge is -2.27. The van der Waals surface area contributed by atoms with Gasteiger partial charge in [0.1, 0.15) is 6.79 Å². The first-order valence-corrected chi connectivity index (χ1v) is 6.13. The van der Waals surface area contributed by atoms with Gasteiger partial charge in [-0.05, 0) is 26.7 Å². The Labute approximate surface area is 105 Å². The monoisotopic (exact) mass is 236 g/mol. The summed E-state index contributed by atoms with van der Waals surface area (Å²) in [6, 6.07) is 10.3. The fourth-order valence-electron chi connectivity index (χ4n) is 1.85. The molecule has 0 aliphatic heterocycles. The first-order valence-electron chi connectivity index (χ1n) is 6.13. The Morgan fingerprint density at radius 1 is 1.06 bits per heavy atom. The van der Waals surface area contributed by atoms with Crippen molar-refractivity contribution in [2.45, 2.75) is 51.6 Å². The van der Waals surface area contributed by atoms with Crippen LogP contribution in [-0.4, -0.2) is 17.5 Å². The number of rotatable bonds is 0. The summed E-state index contributed by atoms with van der Waals surface area (Å²) >= 11 is 0. The summed E-state index contributed by atoms with van der Waals surface area (Å²) in [5, 5.41) is 9.37. The molecule has 1 aliphatic rings. The van der Waals surface area contributed by atoms with E-state index in [2.05, 4.69) is 19.1 Å². The van der Waals surface area contributed by atoms with Crippen molar-refractivity contribution in [2.24, 2.45) is 0 Å². The van der Waals surface area contributed by atoms with E-state index in [0.29, 0.717) is 0 Å². The van der Waals surface area contributed by atoms with E-state index < -0.39 is 0 Å². The smallest absolute Gasteiger partial charge is 0.106 e. The molecule has 0 saturated heterocycles. The summed E-state index contributed by atoms with van der Waals surface area (Å²) in [4.78, 5) is 8.00. The van der Waals surface area contributed by atoms with E-state index in [1.807, 2.05) is 31.9 Å². The zero-order valence-corrected chi connectivity index (χ0v) is 11.0. The van der Waals surface area contributed by atoms with E-state index in [9.17, 15) is 5.11 Å². The molecule has 1 fully saturated rings. The molecule has 17 heavy (non-hydrogen) atoms. The molecule has 1 N–H and O–H groups in total. The van der Waals surface area contributed by atoms with Crippen molar-refractivity contribution in [3.8, 4) is 0 Å². The molecule has 2 nitrogen and oxygen atoms in total. The Bertz CT molecular complexity index is 272. The van der Waals surface area contributed by atoms with E-state index in [1.165, 1.54) is 24.8 Å². The lowest BCUT2D eigenvalue weighted by Crippen LogP contribution is -2.26. The minimum atomic E-state index is -0.321. The largest absolute Gasteiger partial charge is 0.390 e. The van der Waals surface area contributed by atoms with Crippen LogP contribution in [0.1, 0.15) is 44.6 Å². The highest BCUT2D eigenvalue weighted by Gasteiger charge is 2.22. The van der Waals surface area contributed by atoms with Crippen LogP contribution in [-0.2, 0) is 4.79 Å². The van der Waals surface area contributed by atoms with Crippen LogP contribution in [0.2, 0.25) is 0 Å². The van der Waals surface area contributed by atoms with Gasteiger partial charge in [0.2, 0.25) is 0 Å². The predicted octanol–water partition coefficient (Wildman–Crippen LogP) is 3.51. The Balaban J connectivity index is 0.000000265. The molecule has 0 radical (unpaired) electrons. The lowest BCUT2D eigenvalue weighted by atomic mass is 9.87. The topological polar surface area (TPSA) is 37.3 Å². The first kappa shape index (κ1) is 15.9. The van der Waals surface area contributed by atoms with E-state index in [1.54, 1.807) is 0 Å². The van der Waals surface area contributed by atoms with Crippen molar-refractivity contribution in [3.63, 3.8) is 0 Å². The van der Waals surface area contributed by atoms with Gasteiger partial charge < -0.3 is 9.90 Å². The van der Waals surface area contributed by atoms with E-state index in [-0.39, 0.29) is 5.60 Å². The number of carbonyl (C=O) groups is 1. The normalized spacial score (nSPS) is 16.9. The average molecular weight is 236 g/mol. The third-order valence-corrected chi connectivity index (χ3v) is 2.87. The second-order valence-corrected chi connectivity index (χ2v) is 4.71. The Morgan fingerprint density at radius 3 is 1.76 bits per heavy atom. The Morgan fingerprint density at radius 2 is 1.53 bits per heavy atom. The number of aryl methyl sites for hydroxylation is 1. The van der Waals surface area contributed by atoms with Crippen molar-refractivity contribution < 1.29 is 9.90 Å². The van der Waals surface area contributed by atoms with Gasteiger partial charge >= 0.3 is 0 Å². The summed E-state index contributed by atoms with van der Waals surface area (Å²) in [6.45, 7) is 6.02. The summed E-state index contributed by atoms with van der Waals surface area (Å²) in [6.07, 6.45) is 5.76. The summed E-state index contributed by atoms with van der Waals surface area (Å²) in [5.41, 5.74) is 1.00. The van der Waals surface area contributed by atoms with Gasteiger partial charge in [-0.3, -0.25) is 0 Å². The van der Waals surface area contributed by atoms with Gasteiger partial charge in [0.25, 0.3) is 0 Å². The van der Waals surface area contributed by atoms with Crippen LogP contribution in [0.25, 0.3) is 0 Å². The number of benzene rings is 1. The van der Waals surface area contributed by atoms with Crippen molar-refractivity contribution in [2.75, 3.05) is 0 Å². The molecule has 0 unspecified atom stereocenters. The first-order chi connectivity index (χ1) is 8.10. The maximum atomic E-state index is 9.37. The lowest BCUT2D eigenvalue weighted by molar-refractivity contribution is -0.0979. The molecular weight excluding hydrogens is 212 g/mol. The zero-order valence-electron chi connectivity index (χ0n) is 11.0. The highest BCUT2D eigenvalue weighted by molar-refractivity contribution is 5.11. The van der Waals surface area contributed by atoms with Crippen molar-refractivity contribution >= 4 is 6.79 Å². The molecule has 0 aromatic heterocycles. The van der Waals surface area contributed by atoms with Gasteiger partial charge in [-0.15, -0.1) is 0 Å². The average Bonchev–Trinajstić information content (AvgIpc) is 2.33. The van der Waals surface area contributed by atoms with E-state index in [4.69, 9.17) is 4.79 Å². The summed E-state index contributed by atoms with van der Waals surface area (Å²) < 4.78 is 0. The number of hydrogen-bond donors (Lipinski definition) is 1. The van der Waals surface area contributed by atoms with Crippen LogP contribution in [0.15, 0.2) is 30.3 Å². The standard InChI is InChI=1S/C7H14O.C7H8.CH2O/c1-7(8)5-3-2-4-6-7;1-7-5-3-2-4-6-7;1-2/h8H,2-6H2,1H3;2-6H,1H3;1H2. The molecule has 0 spiro atoms. The van der Waals surface area contributed by atoms with Gasteiger partial charge in [-0.2, -0.15) is 0 Å². The van der Waals surface area contributed by atoms with Gasteiger partial charge in [-0.25, -0.2) is 0 Å². The van der Waals surface area contributed by atoms with Crippen LogP contribution >= 0.6 is 0 Å². The predicted molar refractivity (Wildman–Crippen MR) is 72.0 cm³/mol. The third-order valence-electron chi connectivity index (χ3n) is 2.87. The number of aliphatic hydroxyl groups is 1. The molecule has 0 heterocycles. The maximum Gasteiger partial charge on any atom is 0.106 e. The minimum Gasteiger partial charge on any atom is -0.390 e. The minimum absolute atomic E-state index is 0.321. The SMILES string of the molecule is C=O.CC1(O)CCCCC1.Cc1ccccc1. The molecule has 2 heteroatoms. The fraction of sp³-hybridized carbons (Fsp3) is 0.533. The Hall–Kier alpha value is -1.15. The molecule has 1 aliphatic carbocycles. The van der Waals surface area contributed by atoms with Gasteiger partial charge in [-0.1, -0.05) is 55.2 Å². The molecule has 96 valence electrons. The molecule has 0 bridgehead atoms. The van der Waals surface area contributed by atoms with E-state index >= 15 is 0 Å². The van der Waals surface area contributed by atoms with Crippen molar-refractivity contribution in [1.29, 1.82) is 0 Å². The van der Waals surface area contributed by atoms with Crippen molar-refractivity contribution in [1.82, 2.24) is 0 Å². The fourth-order valence-corrected chi connectivity index (χ4v) is 1.85. The number of carbonyl (C=O) groups excluding carboxylic acids is 1. The molecular formula is C15H24O2. The van der Waals surface area contributed by atoms with Crippen LogP contribution in [0.4, 0.5) is 0 Å². The van der Waals surface area contributed by atoms with Crippen molar-refractivity contribution in [3.05, 3.63) is 35.9 Å². The third kappa shape index (κ3) is 8.64. The van der Waals surface area contributed by atoms with Crippen LogP contribution in [0.3, 0.4) is 0 Å². The number of hydrogen-bond acceptors (Lipinski definition) is 2. The van der Waals surface area contributed by atoms with Crippen LogP contribution in [0, 0.1) is 6.92 Å². The molecule has 1 aromatic rings. The van der Waals surface area contributed by atoms with Gasteiger partial charge in [0.05, 0.1) is 5.60 Å². The van der Waals surface area contributed by atoms with E-state index in [0.717, 1.165) is 12.8 Å². The summed E-state index contributed by atoms with van der Waals surface area (Å²) in [5.74, 6) is 0. The second kappa shape index (κ2) is 8.94. The highest BCUT2D eigenvalue weighted by Crippen LogP contribution is 2.26.